The molecule has 0 unspecified atom stereocenters. The van der Waals surface area contributed by atoms with E-state index in [1.54, 1.807) is 24.3 Å². The van der Waals surface area contributed by atoms with E-state index in [1.165, 1.54) is 12.3 Å². The lowest BCUT2D eigenvalue weighted by atomic mass is 10.2. The van der Waals surface area contributed by atoms with Gasteiger partial charge in [0.1, 0.15) is 11.6 Å². The van der Waals surface area contributed by atoms with Gasteiger partial charge in [-0.1, -0.05) is 13.0 Å². The highest BCUT2D eigenvalue weighted by atomic mass is 79.9. The molecule has 1 aromatic heterocycles. The Hall–Kier alpha value is -1.95. The Morgan fingerprint density at radius 2 is 2.14 bits per heavy atom. The van der Waals surface area contributed by atoms with Crippen LogP contribution in [-0.4, -0.2) is 17.4 Å². The maximum Gasteiger partial charge on any atom is 0.257 e. The second kappa shape index (κ2) is 7.17. The van der Waals surface area contributed by atoms with Crippen molar-refractivity contribution in [2.45, 2.75) is 13.3 Å². The maximum atomic E-state index is 13.7. The van der Waals surface area contributed by atoms with Gasteiger partial charge in [-0.3, -0.25) is 4.79 Å². The van der Waals surface area contributed by atoms with Crippen LogP contribution in [0.4, 0.5) is 15.9 Å². The van der Waals surface area contributed by atoms with E-state index in [0.29, 0.717) is 15.9 Å². The van der Waals surface area contributed by atoms with Gasteiger partial charge >= 0.3 is 0 Å². The SMILES string of the molecule is CCCNc1ccc(C(=O)Nc2c(F)cccc2Br)cn1. The number of benzene rings is 1. The molecular weight excluding hydrogens is 337 g/mol. The maximum absolute atomic E-state index is 13.7. The predicted octanol–water partition coefficient (Wildman–Crippen LogP) is 4.06. The standard InChI is InChI=1S/C15H15BrFN3O/c1-2-8-18-13-7-6-10(9-19-13)15(21)20-14-11(16)4-3-5-12(14)17/h3-7,9H,2,8H2,1H3,(H,18,19)(H,20,21). The minimum Gasteiger partial charge on any atom is -0.370 e. The molecule has 0 spiro atoms. The molecule has 2 N–H and O–H groups in total. The Balaban J connectivity index is 2.10. The molecule has 4 nitrogen and oxygen atoms in total. The molecule has 0 aliphatic carbocycles. The molecule has 0 bridgehead atoms. The van der Waals surface area contributed by atoms with Crippen molar-refractivity contribution in [3.05, 3.63) is 52.4 Å². The van der Waals surface area contributed by atoms with Gasteiger partial charge < -0.3 is 10.6 Å². The van der Waals surface area contributed by atoms with Gasteiger partial charge in [-0.15, -0.1) is 0 Å². The van der Waals surface area contributed by atoms with Crippen LogP contribution in [0, 0.1) is 5.82 Å². The van der Waals surface area contributed by atoms with Crippen LogP contribution >= 0.6 is 15.9 Å². The molecule has 1 heterocycles. The Morgan fingerprint density at radius 3 is 2.76 bits per heavy atom. The van der Waals surface area contributed by atoms with E-state index in [2.05, 4.69) is 38.5 Å². The third-order valence-corrected chi connectivity index (χ3v) is 3.44. The zero-order chi connectivity index (χ0) is 15.2. The van der Waals surface area contributed by atoms with Crippen molar-refractivity contribution in [3.63, 3.8) is 0 Å². The van der Waals surface area contributed by atoms with Gasteiger partial charge in [0.05, 0.1) is 11.3 Å². The van der Waals surface area contributed by atoms with Gasteiger partial charge in [-0.05, 0) is 46.6 Å². The number of carbonyl (C=O) groups excluding carboxylic acids is 1. The first-order chi connectivity index (χ1) is 10.1. The summed E-state index contributed by atoms with van der Waals surface area (Å²) in [5, 5.41) is 5.65. The van der Waals surface area contributed by atoms with E-state index in [0.717, 1.165) is 13.0 Å². The largest absolute Gasteiger partial charge is 0.370 e. The van der Waals surface area contributed by atoms with Gasteiger partial charge in [-0.2, -0.15) is 0 Å². The molecule has 0 aliphatic rings. The Bertz CT molecular complexity index is 611. The Labute approximate surface area is 130 Å². The minimum atomic E-state index is -0.494. The van der Waals surface area contributed by atoms with Crippen LogP contribution < -0.4 is 10.6 Å². The zero-order valence-electron chi connectivity index (χ0n) is 11.5. The van der Waals surface area contributed by atoms with Gasteiger partial charge in [0.25, 0.3) is 5.91 Å². The summed E-state index contributed by atoms with van der Waals surface area (Å²) < 4.78 is 14.2. The van der Waals surface area contributed by atoms with E-state index in [-0.39, 0.29) is 5.69 Å². The Kier molecular flexibility index (Phi) is 5.27. The topological polar surface area (TPSA) is 54.0 Å². The van der Waals surface area contributed by atoms with Crippen LogP contribution in [0.5, 0.6) is 0 Å². The summed E-state index contributed by atoms with van der Waals surface area (Å²) in [5.74, 6) is -0.192. The van der Waals surface area contributed by atoms with Gasteiger partial charge in [0.2, 0.25) is 0 Å². The molecule has 2 rings (SSSR count). The van der Waals surface area contributed by atoms with Crippen LogP contribution in [0.15, 0.2) is 41.0 Å². The lowest BCUT2D eigenvalue weighted by molar-refractivity contribution is 0.102. The van der Waals surface area contributed by atoms with E-state index in [1.807, 2.05) is 0 Å². The first-order valence-electron chi connectivity index (χ1n) is 6.57. The highest BCUT2D eigenvalue weighted by molar-refractivity contribution is 9.10. The monoisotopic (exact) mass is 351 g/mol. The smallest absolute Gasteiger partial charge is 0.257 e. The number of para-hydroxylation sites is 1. The van der Waals surface area contributed by atoms with Crippen molar-refractivity contribution in [2.75, 3.05) is 17.2 Å². The summed E-state index contributed by atoms with van der Waals surface area (Å²) in [7, 11) is 0. The molecule has 2 aromatic rings. The van der Waals surface area contributed by atoms with Crippen LogP contribution in [0.1, 0.15) is 23.7 Å². The molecule has 6 heteroatoms. The van der Waals surface area contributed by atoms with Gasteiger partial charge in [0.15, 0.2) is 0 Å². The third-order valence-electron chi connectivity index (χ3n) is 2.78. The average molecular weight is 352 g/mol. The Morgan fingerprint density at radius 1 is 1.33 bits per heavy atom. The van der Waals surface area contributed by atoms with Crippen LogP contribution in [0.3, 0.4) is 0 Å². The number of aromatic nitrogens is 1. The fraction of sp³-hybridized carbons (Fsp3) is 0.200. The summed E-state index contributed by atoms with van der Waals surface area (Å²) >= 11 is 3.21. The molecule has 1 aromatic carbocycles. The second-order valence-electron chi connectivity index (χ2n) is 4.41. The molecule has 21 heavy (non-hydrogen) atoms. The highest BCUT2D eigenvalue weighted by Gasteiger charge is 2.12. The number of pyridine rings is 1. The normalized spacial score (nSPS) is 10.2. The van der Waals surface area contributed by atoms with Crippen molar-refractivity contribution in [1.82, 2.24) is 4.98 Å². The number of nitrogens with one attached hydrogen (secondary N) is 2. The van der Waals surface area contributed by atoms with Gasteiger partial charge in [0, 0.05) is 17.2 Å². The second-order valence-corrected chi connectivity index (χ2v) is 5.26. The van der Waals surface area contributed by atoms with Crippen LogP contribution in [-0.2, 0) is 0 Å². The average Bonchev–Trinajstić information content (AvgIpc) is 2.49. The van der Waals surface area contributed by atoms with Crippen molar-refractivity contribution in [2.24, 2.45) is 0 Å². The predicted molar refractivity (Wildman–Crippen MR) is 85.1 cm³/mol. The molecule has 110 valence electrons. The fourth-order valence-electron chi connectivity index (χ4n) is 1.69. The lowest BCUT2D eigenvalue weighted by Crippen LogP contribution is -2.14. The molecule has 0 fully saturated rings. The molecule has 1 amide bonds. The third kappa shape index (κ3) is 4.01. The molecule has 0 atom stereocenters. The van der Waals surface area contributed by atoms with Crippen molar-refractivity contribution in [3.8, 4) is 0 Å². The minimum absolute atomic E-state index is 0.121. The summed E-state index contributed by atoms with van der Waals surface area (Å²) in [5.41, 5.74) is 0.489. The summed E-state index contributed by atoms with van der Waals surface area (Å²) in [6.07, 6.45) is 2.45. The summed E-state index contributed by atoms with van der Waals surface area (Å²) in [4.78, 5) is 16.2. The number of amides is 1. The molecule has 0 saturated heterocycles. The zero-order valence-corrected chi connectivity index (χ0v) is 13.1. The number of carbonyl (C=O) groups is 1. The summed E-state index contributed by atoms with van der Waals surface area (Å²) in [6.45, 7) is 2.88. The highest BCUT2D eigenvalue weighted by Crippen LogP contribution is 2.25. The number of nitrogens with zero attached hydrogens (tertiary/aromatic N) is 1. The number of rotatable bonds is 5. The summed E-state index contributed by atoms with van der Waals surface area (Å²) in [6, 6.07) is 7.88. The van der Waals surface area contributed by atoms with Crippen molar-refractivity contribution in [1.29, 1.82) is 0 Å². The van der Waals surface area contributed by atoms with E-state index < -0.39 is 11.7 Å². The fourth-order valence-corrected chi connectivity index (χ4v) is 2.13. The molecule has 0 saturated carbocycles. The molecular formula is C15H15BrFN3O. The number of hydrogen-bond donors (Lipinski definition) is 2. The van der Waals surface area contributed by atoms with E-state index >= 15 is 0 Å². The molecule has 0 aliphatic heterocycles. The lowest BCUT2D eigenvalue weighted by Gasteiger charge is -2.09. The number of anilines is 2. The first kappa shape index (κ1) is 15.4. The first-order valence-corrected chi connectivity index (χ1v) is 7.36. The quantitative estimate of drug-likeness (QED) is 0.853. The number of halogens is 2. The number of hydrogen-bond acceptors (Lipinski definition) is 3. The van der Waals surface area contributed by atoms with Crippen molar-refractivity contribution >= 4 is 33.3 Å². The van der Waals surface area contributed by atoms with Crippen LogP contribution in [0.2, 0.25) is 0 Å². The van der Waals surface area contributed by atoms with Crippen molar-refractivity contribution < 1.29 is 9.18 Å². The van der Waals surface area contributed by atoms with Crippen LogP contribution in [0.25, 0.3) is 0 Å². The van der Waals surface area contributed by atoms with Gasteiger partial charge in [-0.25, -0.2) is 9.37 Å². The van der Waals surface area contributed by atoms with E-state index in [4.69, 9.17) is 0 Å². The molecule has 0 radical (unpaired) electrons. The van der Waals surface area contributed by atoms with E-state index in [9.17, 15) is 9.18 Å².